The minimum Gasteiger partial charge on any atom is -0.497 e. The number of primary amides is 1. The molecule has 47 heavy (non-hydrogen) atoms. The van der Waals surface area contributed by atoms with Gasteiger partial charge in [-0.25, -0.2) is 14.4 Å². The van der Waals surface area contributed by atoms with Gasteiger partial charge in [0.1, 0.15) is 17.9 Å². The standard InChI is InChI=1S/C30H35BrCl2N6O8/c1-45-19-8-6-17(7-9-19)14-23(26(34)40)37-27(41)18-15-22(39-28(42)38-21-5-3-2-4-20(21)31)25(47-30(44)36-13-11-33)24(16-18)46-29(43)35-12-10-32/h2-9,15,22-25H,10-14,16H2,1H3,(H2,34,40)(H,35,43)(H,36,44)(H,37,41)(H2,38,39,42). The molecule has 1 aliphatic carbocycles. The van der Waals surface area contributed by atoms with Crippen molar-refractivity contribution in [2.24, 2.45) is 5.73 Å². The molecule has 0 bridgehead atoms. The Bertz CT molecular complexity index is 1450. The highest BCUT2D eigenvalue weighted by atomic mass is 79.9. The number of alkyl halides is 2. The molecule has 14 nitrogen and oxygen atoms in total. The Morgan fingerprint density at radius 3 is 2.19 bits per heavy atom. The van der Waals surface area contributed by atoms with E-state index in [-0.39, 0.29) is 43.3 Å². The number of nitrogens with two attached hydrogens (primary N) is 1. The van der Waals surface area contributed by atoms with Gasteiger partial charge in [0, 0.05) is 47.7 Å². The Morgan fingerprint density at radius 1 is 0.957 bits per heavy atom. The van der Waals surface area contributed by atoms with Gasteiger partial charge < -0.3 is 46.5 Å². The molecule has 4 unspecified atom stereocenters. The van der Waals surface area contributed by atoms with E-state index in [1.807, 2.05) is 0 Å². The van der Waals surface area contributed by atoms with Crippen LogP contribution in [0.3, 0.4) is 0 Å². The number of carbonyl (C=O) groups is 5. The van der Waals surface area contributed by atoms with Crippen molar-refractivity contribution in [2.45, 2.75) is 37.1 Å². The van der Waals surface area contributed by atoms with Crippen LogP contribution >= 0.6 is 39.1 Å². The molecule has 254 valence electrons. The lowest BCUT2D eigenvalue weighted by Gasteiger charge is -2.36. The van der Waals surface area contributed by atoms with E-state index in [0.717, 1.165) is 0 Å². The summed E-state index contributed by atoms with van der Waals surface area (Å²) >= 11 is 14.7. The first kappa shape index (κ1) is 37.2. The second-order valence-corrected chi connectivity index (χ2v) is 11.6. The summed E-state index contributed by atoms with van der Waals surface area (Å²) in [5.41, 5.74) is 6.77. The van der Waals surface area contributed by atoms with E-state index in [9.17, 15) is 24.0 Å². The predicted molar refractivity (Wildman–Crippen MR) is 179 cm³/mol. The summed E-state index contributed by atoms with van der Waals surface area (Å²) in [5, 5.41) is 12.9. The van der Waals surface area contributed by atoms with Crippen LogP contribution in [0.1, 0.15) is 12.0 Å². The second kappa shape index (κ2) is 18.8. The summed E-state index contributed by atoms with van der Waals surface area (Å²) in [6.07, 6.45) is -3.22. The first-order valence-electron chi connectivity index (χ1n) is 14.3. The number of para-hydroxylation sites is 1. The second-order valence-electron chi connectivity index (χ2n) is 10.0. The number of halogens is 3. The van der Waals surface area contributed by atoms with Crippen LogP contribution in [0, 0.1) is 0 Å². The molecule has 2 aromatic rings. The quantitative estimate of drug-likeness (QED) is 0.158. The Hall–Kier alpha value is -4.21. The zero-order chi connectivity index (χ0) is 34.3. The first-order chi connectivity index (χ1) is 22.5. The van der Waals surface area contributed by atoms with Crippen molar-refractivity contribution >= 4 is 74.9 Å². The summed E-state index contributed by atoms with van der Waals surface area (Å²) in [7, 11) is 1.52. The number of nitrogens with one attached hydrogen (secondary N) is 5. The molecule has 0 fully saturated rings. The van der Waals surface area contributed by atoms with E-state index in [1.54, 1.807) is 48.5 Å². The monoisotopic (exact) mass is 756 g/mol. The first-order valence-corrected chi connectivity index (χ1v) is 16.2. The van der Waals surface area contributed by atoms with Gasteiger partial charge in [-0.05, 0) is 51.8 Å². The van der Waals surface area contributed by atoms with Crippen LogP contribution < -0.4 is 37.1 Å². The summed E-state index contributed by atoms with van der Waals surface area (Å²) in [6.45, 7) is 0.140. The molecule has 17 heteroatoms. The van der Waals surface area contributed by atoms with Gasteiger partial charge in [-0.1, -0.05) is 24.3 Å². The number of hydrogen-bond donors (Lipinski definition) is 6. The van der Waals surface area contributed by atoms with Gasteiger partial charge in [-0.2, -0.15) is 0 Å². The van der Waals surface area contributed by atoms with E-state index < -0.39 is 54.3 Å². The van der Waals surface area contributed by atoms with Crippen molar-refractivity contribution < 1.29 is 38.2 Å². The third-order valence-corrected chi connectivity index (χ3v) is 7.78. The number of hydrogen-bond acceptors (Lipinski definition) is 8. The molecular formula is C30H35BrCl2N6O8. The molecule has 0 aliphatic heterocycles. The summed E-state index contributed by atoms with van der Waals surface area (Å²) in [5.74, 6) is -0.718. The highest BCUT2D eigenvalue weighted by Gasteiger charge is 2.42. The number of ether oxygens (including phenoxy) is 3. The average molecular weight is 758 g/mol. The van der Waals surface area contributed by atoms with Crippen molar-refractivity contribution in [2.75, 3.05) is 37.3 Å². The van der Waals surface area contributed by atoms with Crippen molar-refractivity contribution in [1.82, 2.24) is 21.3 Å². The van der Waals surface area contributed by atoms with Crippen LogP contribution in [0.15, 0.2) is 64.7 Å². The van der Waals surface area contributed by atoms with Gasteiger partial charge in [-0.3, -0.25) is 9.59 Å². The van der Waals surface area contributed by atoms with Crippen LogP contribution in [-0.2, 0) is 25.5 Å². The Balaban J connectivity index is 1.92. The fourth-order valence-corrected chi connectivity index (χ4v) is 5.05. The number of benzene rings is 2. The Morgan fingerprint density at radius 2 is 1.60 bits per heavy atom. The number of rotatable bonds is 14. The number of alkyl carbamates (subject to hydrolysis) is 2. The molecule has 0 spiro atoms. The van der Waals surface area contributed by atoms with Gasteiger partial charge >= 0.3 is 18.2 Å². The minimum atomic E-state index is -1.31. The number of carbonyl (C=O) groups excluding carboxylic acids is 5. The molecule has 0 aromatic heterocycles. The molecule has 6 amide bonds. The summed E-state index contributed by atoms with van der Waals surface area (Å²) in [6, 6.07) is 10.6. The predicted octanol–water partition coefficient (Wildman–Crippen LogP) is 3.16. The fraction of sp³-hybridized carbons (Fsp3) is 0.367. The van der Waals surface area contributed by atoms with Gasteiger partial charge in [0.05, 0.1) is 18.8 Å². The maximum absolute atomic E-state index is 13.6. The number of anilines is 1. The lowest BCUT2D eigenvalue weighted by Crippen LogP contribution is -2.56. The van der Waals surface area contributed by atoms with Crippen LogP contribution in [0.25, 0.3) is 0 Å². The lowest BCUT2D eigenvalue weighted by molar-refractivity contribution is -0.125. The third-order valence-electron chi connectivity index (χ3n) is 6.71. The SMILES string of the molecule is COc1ccc(CC(NC(=O)C2=CC(NC(=O)Nc3ccccc3Br)C(OC(=O)NCCCl)C(OC(=O)NCCCl)C2)C(N)=O)cc1. The van der Waals surface area contributed by atoms with Gasteiger partial charge in [-0.15, -0.1) is 23.2 Å². The summed E-state index contributed by atoms with van der Waals surface area (Å²) in [4.78, 5) is 64.3. The van der Waals surface area contributed by atoms with Gasteiger partial charge in [0.15, 0.2) is 6.10 Å². The molecule has 0 saturated carbocycles. The van der Waals surface area contributed by atoms with Crippen LogP contribution in [0.4, 0.5) is 20.1 Å². The molecule has 0 radical (unpaired) electrons. The normalized spacial score (nSPS) is 17.6. The van der Waals surface area contributed by atoms with Crippen LogP contribution in [0.5, 0.6) is 5.75 Å². The highest BCUT2D eigenvalue weighted by molar-refractivity contribution is 9.10. The topological polar surface area (TPSA) is 199 Å². The van der Waals surface area contributed by atoms with Crippen molar-refractivity contribution in [3.63, 3.8) is 0 Å². The Labute approximate surface area is 289 Å². The molecule has 1 aliphatic rings. The third kappa shape index (κ3) is 11.8. The number of urea groups is 1. The van der Waals surface area contributed by atoms with E-state index in [1.165, 1.54) is 13.2 Å². The maximum Gasteiger partial charge on any atom is 0.407 e. The van der Waals surface area contributed by atoms with Crippen molar-refractivity contribution in [3.05, 3.63) is 70.2 Å². The largest absolute Gasteiger partial charge is 0.497 e. The Kier molecular flexibility index (Phi) is 14.9. The molecule has 7 N–H and O–H groups in total. The van der Waals surface area contributed by atoms with E-state index in [0.29, 0.717) is 21.5 Å². The molecule has 3 rings (SSSR count). The minimum absolute atomic E-state index is 0.0216. The van der Waals surface area contributed by atoms with E-state index in [4.69, 9.17) is 43.1 Å². The fourth-order valence-electron chi connectivity index (χ4n) is 4.48. The number of methoxy groups -OCH3 is 1. The lowest BCUT2D eigenvalue weighted by atomic mass is 9.89. The van der Waals surface area contributed by atoms with Crippen LogP contribution in [-0.4, -0.2) is 86.3 Å². The molecule has 0 heterocycles. The van der Waals surface area contributed by atoms with Gasteiger partial charge in [0.2, 0.25) is 11.8 Å². The zero-order valence-corrected chi connectivity index (χ0v) is 28.3. The maximum atomic E-state index is 13.6. The number of amides is 6. The van der Waals surface area contributed by atoms with E-state index in [2.05, 4.69) is 42.5 Å². The van der Waals surface area contributed by atoms with Crippen LogP contribution in [0.2, 0.25) is 0 Å². The molecular weight excluding hydrogens is 723 g/mol. The molecule has 2 aromatic carbocycles. The van der Waals surface area contributed by atoms with Gasteiger partial charge in [0.25, 0.3) is 0 Å². The highest BCUT2D eigenvalue weighted by Crippen LogP contribution is 2.27. The molecule has 0 saturated heterocycles. The van der Waals surface area contributed by atoms with E-state index >= 15 is 0 Å². The van der Waals surface area contributed by atoms with Crippen molar-refractivity contribution in [1.29, 1.82) is 0 Å². The smallest absolute Gasteiger partial charge is 0.407 e. The molecule has 4 atom stereocenters. The summed E-state index contributed by atoms with van der Waals surface area (Å²) < 4.78 is 16.9. The zero-order valence-electron chi connectivity index (χ0n) is 25.2. The average Bonchev–Trinajstić information content (AvgIpc) is 3.05. The van der Waals surface area contributed by atoms with Crippen molar-refractivity contribution in [3.8, 4) is 5.75 Å².